The molecule has 1 amide bonds. The maximum Gasteiger partial charge on any atom is 0.339 e. The molecule has 1 heterocycles. The highest BCUT2D eigenvalue weighted by molar-refractivity contribution is 6.34. The lowest BCUT2D eigenvalue weighted by Crippen LogP contribution is -2.30. The van der Waals surface area contributed by atoms with E-state index in [1.165, 1.54) is 31.2 Å². The predicted octanol–water partition coefficient (Wildman–Crippen LogP) is 4.25. The lowest BCUT2D eigenvalue weighted by Gasteiger charge is -2.15. The van der Waals surface area contributed by atoms with Crippen LogP contribution in [0.3, 0.4) is 0 Å². The summed E-state index contributed by atoms with van der Waals surface area (Å²) < 4.78 is 16.2. The molecule has 0 spiro atoms. The maximum absolute atomic E-state index is 12.5. The van der Waals surface area contributed by atoms with Crippen LogP contribution in [-0.4, -0.2) is 36.1 Å². The van der Waals surface area contributed by atoms with E-state index in [0.29, 0.717) is 31.1 Å². The molecule has 0 bridgehead atoms. The second kappa shape index (κ2) is 9.19. The Labute approximate surface area is 181 Å². The number of nitro benzene ring substituents is 1. The molecule has 0 saturated carbocycles. The van der Waals surface area contributed by atoms with Gasteiger partial charge in [-0.2, -0.15) is 0 Å². The van der Waals surface area contributed by atoms with Crippen molar-refractivity contribution in [2.45, 2.75) is 19.4 Å². The minimum atomic E-state index is -1.22. The van der Waals surface area contributed by atoms with Gasteiger partial charge < -0.3 is 19.5 Å². The van der Waals surface area contributed by atoms with Crippen molar-refractivity contribution in [3.05, 3.63) is 56.1 Å². The first-order chi connectivity index (χ1) is 14.3. The summed E-state index contributed by atoms with van der Waals surface area (Å²) in [5, 5.41) is 13.6. The minimum absolute atomic E-state index is 0.0254. The summed E-state index contributed by atoms with van der Waals surface area (Å²) >= 11 is 12.1. The summed E-state index contributed by atoms with van der Waals surface area (Å²) in [6, 6.07) is 6.38. The van der Waals surface area contributed by atoms with Crippen LogP contribution in [0.5, 0.6) is 11.5 Å². The molecule has 0 aliphatic carbocycles. The van der Waals surface area contributed by atoms with E-state index in [0.717, 1.165) is 6.07 Å². The lowest BCUT2D eigenvalue weighted by molar-refractivity contribution is -0.384. The van der Waals surface area contributed by atoms with Gasteiger partial charge in [-0.15, -0.1) is 0 Å². The van der Waals surface area contributed by atoms with E-state index in [1.807, 2.05) is 0 Å². The highest BCUT2D eigenvalue weighted by Crippen LogP contribution is 2.38. The molecular formula is C19H16Cl2N2O7. The number of fused-ring (bicyclic) bond motifs is 1. The Kier molecular flexibility index (Phi) is 6.63. The zero-order chi connectivity index (χ0) is 21.8. The number of hydrogen-bond donors (Lipinski definition) is 1. The average molecular weight is 455 g/mol. The van der Waals surface area contributed by atoms with Gasteiger partial charge in [0, 0.05) is 18.6 Å². The van der Waals surface area contributed by atoms with Gasteiger partial charge in [0.1, 0.15) is 0 Å². The van der Waals surface area contributed by atoms with Gasteiger partial charge in [-0.1, -0.05) is 23.2 Å². The standard InChI is InChI=1S/C19H16Cl2N2O7/c1-10(18(24)22-15-9-12(23(26)27)3-4-13(15)20)30-19(25)11-7-14(21)17-16(8-11)28-5-2-6-29-17/h3-4,7-10H,2,5-6H2,1H3,(H,22,24). The summed E-state index contributed by atoms with van der Waals surface area (Å²) in [6.45, 7) is 2.20. The molecule has 0 saturated heterocycles. The smallest absolute Gasteiger partial charge is 0.339 e. The van der Waals surface area contributed by atoms with Gasteiger partial charge in [-0.05, 0) is 25.1 Å². The molecule has 0 fully saturated rings. The van der Waals surface area contributed by atoms with Crippen LogP contribution in [0, 0.1) is 10.1 Å². The second-order valence-corrected chi connectivity index (χ2v) is 7.11. The Morgan fingerprint density at radius 3 is 2.63 bits per heavy atom. The molecule has 1 aliphatic heterocycles. The third-order valence-corrected chi connectivity index (χ3v) is 4.72. The van der Waals surface area contributed by atoms with Crippen molar-refractivity contribution in [1.29, 1.82) is 0 Å². The number of hydrogen-bond acceptors (Lipinski definition) is 7. The molecule has 1 aliphatic rings. The predicted molar refractivity (Wildman–Crippen MR) is 109 cm³/mol. The summed E-state index contributed by atoms with van der Waals surface area (Å²) in [4.78, 5) is 35.1. The molecule has 0 radical (unpaired) electrons. The maximum atomic E-state index is 12.5. The number of carbonyl (C=O) groups is 2. The number of ether oxygens (including phenoxy) is 3. The monoisotopic (exact) mass is 454 g/mol. The normalized spacial score (nSPS) is 13.7. The topological polar surface area (TPSA) is 117 Å². The number of rotatable bonds is 5. The number of anilines is 1. The van der Waals surface area contributed by atoms with Crippen LogP contribution in [-0.2, 0) is 9.53 Å². The summed E-state index contributed by atoms with van der Waals surface area (Å²) in [5.74, 6) is -0.865. The average Bonchev–Trinajstić information content (AvgIpc) is 2.95. The Balaban J connectivity index is 1.71. The van der Waals surface area contributed by atoms with Gasteiger partial charge in [0.25, 0.3) is 11.6 Å². The summed E-state index contributed by atoms with van der Waals surface area (Å²) in [5.41, 5.74) is -0.143. The van der Waals surface area contributed by atoms with Gasteiger partial charge in [-0.3, -0.25) is 14.9 Å². The van der Waals surface area contributed by atoms with E-state index in [1.54, 1.807) is 0 Å². The van der Waals surface area contributed by atoms with Crippen molar-refractivity contribution >= 4 is 46.5 Å². The van der Waals surface area contributed by atoms with Crippen molar-refractivity contribution in [3.8, 4) is 11.5 Å². The fraction of sp³-hybridized carbons (Fsp3) is 0.263. The van der Waals surface area contributed by atoms with E-state index in [-0.39, 0.29) is 27.0 Å². The van der Waals surface area contributed by atoms with Gasteiger partial charge in [0.05, 0.1) is 39.4 Å². The molecule has 2 aromatic rings. The molecule has 9 nitrogen and oxygen atoms in total. The fourth-order valence-electron chi connectivity index (χ4n) is 2.59. The van der Waals surface area contributed by atoms with Crippen LogP contribution >= 0.6 is 23.2 Å². The Morgan fingerprint density at radius 1 is 1.17 bits per heavy atom. The number of nitrogens with zero attached hydrogens (tertiary/aromatic N) is 1. The molecule has 0 aromatic heterocycles. The number of nitro groups is 1. The van der Waals surface area contributed by atoms with E-state index in [4.69, 9.17) is 37.4 Å². The van der Waals surface area contributed by atoms with Gasteiger partial charge in [-0.25, -0.2) is 4.79 Å². The number of nitrogens with one attached hydrogen (secondary N) is 1. The molecule has 30 heavy (non-hydrogen) atoms. The van der Waals surface area contributed by atoms with Crippen molar-refractivity contribution in [1.82, 2.24) is 0 Å². The number of carbonyl (C=O) groups excluding carboxylic acids is 2. The minimum Gasteiger partial charge on any atom is -0.489 e. The van der Waals surface area contributed by atoms with Crippen LogP contribution < -0.4 is 14.8 Å². The number of benzene rings is 2. The van der Waals surface area contributed by atoms with E-state index in [2.05, 4.69) is 5.32 Å². The zero-order valence-electron chi connectivity index (χ0n) is 15.6. The van der Waals surface area contributed by atoms with E-state index >= 15 is 0 Å². The number of amides is 1. The lowest BCUT2D eigenvalue weighted by atomic mass is 10.2. The molecular weight excluding hydrogens is 439 g/mol. The van der Waals surface area contributed by atoms with Crippen molar-refractivity contribution in [2.24, 2.45) is 0 Å². The van der Waals surface area contributed by atoms with Crippen LogP contribution in [0.25, 0.3) is 0 Å². The largest absolute Gasteiger partial charge is 0.489 e. The van der Waals surface area contributed by atoms with Gasteiger partial charge >= 0.3 is 5.97 Å². The van der Waals surface area contributed by atoms with Crippen LogP contribution in [0.1, 0.15) is 23.7 Å². The quantitative estimate of drug-likeness (QED) is 0.407. The summed E-state index contributed by atoms with van der Waals surface area (Å²) in [6.07, 6.45) is -0.551. The highest BCUT2D eigenvalue weighted by Gasteiger charge is 2.24. The summed E-state index contributed by atoms with van der Waals surface area (Å²) in [7, 11) is 0. The Morgan fingerprint density at radius 2 is 1.90 bits per heavy atom. The molecule has 1 N–H and O–H groups in total. The Hall–Kier alpha value is -3.04. The number of halogens is 2. The first-order valence-electron chi connectivity index (χ1n) is 8.81. The van der Waals surface area contributed by atoms with E-state index in [9.17, 15) is 19.7 Å². The first kappa shape index (κ1) is 21.7. The number of non-ortho nitro benzene ring substituents is 1. The molecule has 3 rings (SSSR count). The van der Waals surface area contributed by atoms with Crippen LogP contribution in [0.2, 0.25) is 10.0 Å². The first-order valence-corrected chi connectivity index (χ1v) is 9.57. The third kappa shape index (κ3) is 4.92. The van der Waals surface area contributed by atoms with E-state index < -0.39 is 22.9 Å². The van der Waals surface area contributed by atoms with Crippen LogP contribution in [0.4, 0.5) is 11.4 Å². The second-order valence-electron chi connectivity index (χ2n) is 6.29. The van der Waals surface area contributed by atoms with Crippen molar-refractivity contribution in [3.63, 3.8) is 0 Å². The number of esters is 1. The third-order valence-electron chi connectivity index (χ3n) is 4.11. The molecule has 1 unspecified atom stereocenters. The fourth-order valence-corrected chi connectivity index (χ4v) is 3.02. The van der Waals surface area contributed by atoms with Gasteiger partial charge in [0.2, 0.25) is 0 Å². The zero-order valence-corrected chi connectivity index (χ0v) is 17.2. The van der Waals surface area contributed by atoms with Crippen molar-refractivity contribution < 1.29 is 28.7 Å². The SMILES string of the molecule is CC(OC(=O)c1cc(Cl)c2c(c1)OCCCO2)C(=O)Nc1cc([N+](=O)[O-])ccc1Cl. The highest BCUT2D eigenvalue weighted by atomic mass is 35.5. The molecule has 2 aromatic carbocycles. The Bertz CT molecular complexity index is 1010. The molecule has 1 atom stereocenters. The molecule has 158 valence electrons. The van der Waals surface area contributed by atoms with Crippen LogP contribution in [0.15, 0.2) is 30.3 Å². The van der Waals surface area contributed by atoms with Crippen molar-refractivity contribution in [2.75, 3.05) is 18.5 Å². The van der Waals surface area contributed by atoms with Gasteiger partial charge in [0.15, 0.2) is 17.6 Å². The molecule has 11 heteroatoms.